The van der Waals surface area contributed by atoms with Gasteiger partial charge in [0.05, 0.1) is 12.6 Å². The quantitative estimate of drug-likeness (QED) is 0.741. The first-order valence-electron chi connectivity index (χ1n) is 7.86. The van der Waals surface area contributed by atoms with E-state index in [2.05, 4.69) is 42.0 Å². The molecule has 0 aromatic heterocycles. The van der Waals surface area contributed by atoms with Crippen molar-refractivity contribution in [3.05, 3.63) is 59.7 Å². The van der Waals surface area contributed by atoms with Gasteiger partial charge in [0.25, 0.3) is 0 Å². The van der Waals surface area contributed by atoms with Crippen molar-refractivity contribution in [1.29, 1.82) is 0 Å². The molecule has 1 fully saturated rings. The minimum absolute atomic E-state index is 0.246. The van der Waals surface area contributed by atoms with E-state index in [1.54, 1.807) is 0 Å². The fraction of sp³-hybridized carbons (Fsp3) is 0.333. The standard InChI is InChI=1S/C18H23N3O/c1-2-11-22-18-6-4-3-5-15(18)17-12-16(20-21-17)13-7-9-14(19)10-8-13/h3-10,16-17,20-21H,2,11-12,19H2,1H3. The molecule has 2 atom stereocenters. The van der Waals surface area contributed by atoms with Crippen molar-refractivity contribution in [2.45, 2.75) is 31.8 Å². The van der Waals surface area contributed by atoms with Crippen LogP contribution in [0.4, 0.5) is 5.69 Å². The van der Waals surface area contributed by atoms with Crippen molar-refractivity contribution in [2.24, 2.45) is 0 Å². The van der Waals surface area contributed by atoms with E-state index >= 15 is 0 Å². The minimum Gasteiger partial charge on any atom is -0.493 e. The summed E-state index contributed by atoms with van der Waals surface area (Å²) >= 11 is 0. The largest absolute Gasteiger partial charge is 0.493 e. The topological polar surface area (TPSA) is 59.3 Å². The van der Waals surface area contributed by atoms with Gasteiger partial charge in [-0.15, -0.1) is 0 Å². The van der Waals surface area contributed by atoms with Gasteiger partial charge in [-0.3, -0.25) is 0 Å². The molecular formula is C18H23N3O. The van der Waals surface area contributed by atoms with Gasteiger partial charge < -0.3 is 10.5 Å². The number of hydrazine groups is 1. The van der Waals surface area contributed by atoms with Crippen LogP contribution in [0.3, 0.4) is 0 Å². The van der Waals surface area contributed by atoms with E-state index in [0.717, 1.165) is 30.9 Å². The van der Waals surface area contributed by atoms with Crippen LogP contribution in [0.25, 0.3) is 0 Å². The van der Waals surface area contributed by atoms with Gasteiger partial charge >= 0.3 is 0 Å². The Labute approximate surface area is 131 Å². The maximum absolute atomic E-state index is 5.87. The van der Waals surface area contributed by atoms with Crippen LogP contribution in [-0.2, 0) is 0 Å². The van der Waals surface area contributed by atoms with Crippen LogP contribution < -0.4 is 21.3 Å². The molecule has 2 aromatic rings. The smallest absolute Gasteiger partial charge is 0.124 e. The third-order valence-corrected chi connectivity index (χ3v) is 4.00. The van der Waals surface area contributed by atoms with Gasteiger partial charge in [0, 0.05) is 17.3 Å². The molecule has 1 aliphatic heterocycles. The second kappa shape index (κ2) is 6.81. The zero-order chi connectivity index (χ0) is 15.4. The second-order valence-electron chi connectivity index (χ2n) is 5.68. The molecule has 116 valence electrons. The Hall–Kier alpha value is -2.04. The van der Waals surface area contributed by atoms with Gasteiger partial charge in [0.1, 0.15) is 5.75 Å². The number of ether oxygens (including phenoxy) is 1. The van der Waals surface area contributed by atoms with Gasteiger partial charge in [0.2, 0.25) is 0 Å². The summed E-state index contributed by atoms with van der Waals surface area (Å²) in [6.07, 6.45) is 2.00. The van der Waals surface area contributed by atoms with Crippen molar-refractivity contribution >= 4 is 5.69 Å². The van der Waals surface area contributed by atoms with E-state index in [4.69, 9.17) is 10.5 Å². The fourth-order valence-electron chi connectivity index (χ4n) is 2.82. The first kappa shape index (κ1) is 14.9. The van der Waals surface area contributed by atoms with E-state index in [1.165, 1.54) is 11.1 Å². The molecule has 0 radical (unpaired) electrons. The fourth-order valence-corrected chi connectivity index (χ4v) is 2.82. The van der Waals surface area contributed by atoms with E-state index in [0.29, 0.717) is 0 Å². The van der Waals surface area contributed by atoms with Crippen LogP contribution in [0.1, 0.15) is 43.0 Å². The van der Waals surface area contributed by atoms with E-state index in [-0.39, 0.29) is 12.1 Å². The molecule has 0 bridgehead atoms. The predicted octanol–water partition coefficient (Wildman–Crippen LogP) is 3.34. The van der Waals surface area contributed by atoms with Crippen molar-refractivity contribution in [3.63, 3.8) is 0 Å². The van der Waals surface area contributed by atoms with Crippen LogP contribution in [0, 0.1) is 0 Å². The summed E-state index contributed by atoms with van der Waals surface area (Å²) in [6.45, 7) is 2.87. The lowest BCUT2D eigenvalue weighted by molar-refractivity contribution is 0.311. The van der Waals surface area contributed by atoms with Gasteiger partial charge in [-0.25, -0.2) is 10.9 Å². The molecule has 0 aliphatic carbocycles. The highest BCUT2D eigenvalue weighted by Gasteiger charge is 2.27. The van der Waals surface area contributed by atoms with Crippen molar-refractivity contribution in [2.75, 3.05) is 12.3 Å². The predicted molar refractivity (Wildman–Crippen MR) is 89.5 cm³/mol. The highest BCUT2D eigenvalue weighted by atomic mass is 16.5. The van der Waals surface area contributed by atoms with Crippen molar-refractivity contribution in [1.82, 2.24) is 10.9 Å². The number of rotatable bonds is 5. The van der Waals surface area contributed by atoms with Crippen LogP contribution in [0.15, 0.2) is 48.5 Å². The lowest BCUT2D eigenvalue weighted by Crippen LogP contribution is -2.26. The number of hydrogen-bond acceptors (Lipinski definition) is 4. The number of benzene rings is 2. The van der Waals surface area contributed by atoms with Gasteiger partial charge in [0.15, 0.2) is 0 Å². The first-order valence-corrected chi connectivity index (χ1v) is 7.86. The highest BCUT2D eigenvalue weighted by molar-refractivity contribution is 5.41. The minimum atomic E-state index is 0.246. The molecule has 3 rings (SSSR count). The van der Waals surface area contributed by atoms with Gasteiger partial charge in [-0.05, 0) is 36.6 Å². The lowest BCUT2D eigenvalue weighted by atomic mass is 9.97. The molecule has 4 heteroatoms. The third kappa shape index (κ3) is 3.24. The Morgan fingerprint density at radius 2 is 1.77 bits per heavy atom. The van der Waals surface area contributed by atoms with E-state index < -0.39 is 0 Å². The summed E-state index contributed by atoms with van der Waals surface area (Å²) < 4.78 is 5.87. The SMILES string of the molecule is CCCOc1ccccc1C1CC(c2ccc(N)cc2)NN1. The number of para-hydroxylation sites is 1. The zero-order valence-electron chi connectivity index (χ0n) is 12.9. The summed E-state index contributed by atoms with van der Waals surface area (Å²) in [7, 11) is 0. The normalized spacial score (nSPS) is 21.0. The van der Waals surface area contributed by atoms with E-state index in [9.17, 15) is 0 Å². The van der Waals surface area contributed by atoms with E-state index in [1.807, 2.05) is 24.3 Å². The summed E-state index contributed by atoms with van der Waals surface area (Å²) in [5.41, 5.74) is 15.8. The third-order valence-electron chi connectivity index (χ3n) is 4.00. The molecule has 4 N–H and O–H groups in total. The van der Waals surface area contributed by atoms with Crippen molar-refractivity contribution < 1.29 is 4.74 Å². The molecule has 0 spiro atoms. The molecule has 2 unspecified atom stereocenters. The average molecular weight is 297 g/mol. The average Bonchev–Trinajstić information content (AvgIpc) is 3.03. The highest BCUT2D eigenvalue weighted by Crippen LogP contribution is 2.35. The molecule has 22 heavy (non-hydrogen) atoms. The number of anilines is 1. The number of nitrogen functional groups attached to an aromatic ring is 1. The molecule has 1 heterocycles. The Kier molecular flexibility index (Phi) is 4.61. The Morgan fingerprint density at radius 1 is 1.05 bits per heavy atom. The number of nitrogens with two attached hydrogens (primary N) is 1. The van der Waals surface area contributed by atoms with Gasteiger partial charge in [-0.1, -0.05) is 37.3 Å². The van der Waals surface area contributed by atoms with Crippen molar-refractivity contribution in [3.8, 4) is 5.75 Å². The Balaban J connectivity index is 1.73. The van der Waals surface area contributed by atoms with Crippen LogP contribution in [0.5, 0.6) is 5.75 Å². The Bertz CT molecular complexity index is 612. The molecule has 0 amide bonds. The summed E-state index contributed by atoms with van der Waals surface area (Å²) in [4.78, 5) is 0. The summed E-state index contributed by atoms with van der Waals surface area (Å²) in [6, 6.07) is 16.8. The monoisotopic (exact) mass is 297 g/mol. The second-order valence-corrected chi connectivity index (χ2v) is 5.68. The van der Waals surface area contributed by atoms with Crippen LogP contribution in [0.2, 0.25) is 0 Å². The maximum atomic E-state index is 5.87. The van der Waals surface area contributed by atoms with Gasteiger partial charge in [-0.2, -0.15) is 0 Å². The van der Waals surface area contributed by atoms with Crippen LogP contribution >= 0.6 is 0 Å². The summed E-state index contributed by atoms with van der Waals surface area (Å²) in [5, 5.41) is 0. The zero-order valence-corrected chi connectivity index (χ0v) is 12.9. The molecule has 1 saturated heterocycles. The first-order chi connectivity index (χ1) is 10.8. The Morgan fingerprint density at radius 3 is 2.55 bits per heavy atom. The number of hydrogen-bond donors (Lipinski definition) is 3. The molecule has 2 aromatic carbocycles. The maximum Gasteiger partial charge on any atom is 0.124 e. The molecule has 1 aliphatic rings. The number of nitrogens with one attached hydrogen (secondary N) is 2. The summed E-state index contributed by atoms with van der Waals surface area (Å²) in [5.74, 6) is 0.974. The molecular weight excluding hydrogens is 274 g/mol. The van der Waals surface area contributed by atoms with Crippen LogP contribution in [-0.4, -0.2) is 6.61 Å². The molecule has 4 nitrogen and oxygen atoms in total. The lowest BCUT2D eigenvalue weighted by Gasteiger charge is -2.15. The molecule has 0 saturated carbocycles.